The number of aromatic amines is 2. The van der Waals surface area contributed by atoms with Crippen LogP contribution in [0.4, 0.5) is 0 Å². The van der Waals surface area contributed by atoms with E-state index in [-0.39, 0.29) is 6.04 Å². The summed E-state index contributed by atoms with van der Waals surface area (Å²) in [6.45, 7) is 12.0. The van der Waals surface area contributed by atoms with E-state index in [0.29, 0.717) is 0 Å². The van der Waals surface area contributed by atoms with Crippen molar-refractivity contribution in [2.45, 2.75) is 65.6 Å². The van der Waals surface area contributed by atoms with Gasteiger partial charge in [0.25, 0.3) is 0 Å². The Balaban J connectivity index is 1.43. The Morgan fingerprint density at radius 3 is 2.44 bits per heavy atom. The Morgan fingerprint density at radius 1 is 0.941 bits per heavy atom. The molecule has 3 heterocycles. The summed E-state index contributed by atoms with van der Waals surface area (Å²) in [6.07, 6.45) is 12.3. The number of hydrogen-bond donors (Lipinski definition) is 2. The molecule has 0 saturated carbocycles. The monoisotopic (exact) mass is 478 g/mol. The second-order valence-corrected chi connectivity index (χ2v) is 10.3. The molecule has 4 aromatic rings. The van der Waals surface area contributed by atoms with E-state index in [9.17, 15) is 0 Å². The quantitative estimate of drug-likeness (QED) is 0.228. The fraction of sp³-hybridized carbons (Fsp3) is 0.481. The molecular formula is C27H38N6S. The number of nitrogens with one attached hydrogen (secondary N) is 2. The van der Waals surface area contributed by atoms with Crippen LogP contribution in [-0.4, -0.2) is 49.4 Å². The zero-order valence-corrected chi connectivity index (χ0v) is 21.6. The Morgan fingerprint density at radius 2 is 1.74 bits per heavy atom. The van der Waals surface area contributed by atoms with E-state index in [2.05, 4.69) is 74.8 Å². The Bertz CT molecular complexity index is 1100. The first kappa shape index (κ1) is 24.6. The molecule has 182 valence electrons. The second-order valence-electron chi connectivity index (χ2n) is 9.12. The minimum Gasteiger partial charge on any atom is -0.348 e. The lowest BCUT2D eigenvalue weighted by atomic mass is 10.1. The van der Waals surface area contributed by atoms with Gasteiger partial charge in [-0.15, -0.1) is 11.3 Å². The Kier molecular flexibility index (Phi) is 8.91. The fourth-order valence-electron chi connectivity index (χ4n) is 4.63. The average Bonchev–Trinajstić information content (AvgIpc) is 3.60. The highest BCUT2D eigenvalue weighted by molar-refractivity contribution is 7.19. The highest BCUT2D eigenvalue weighted by atomic mass is 32.1. The van der Waals surface area contributed by atoms with E-state index in [0.717, 1.165) is 24.7 Å². The van der Waals surface area contributed by atoms with Crippen molar-refractivity contribution in [2.24, 2.45) is 0 Å². The number of hydrogen-bond acceptors (Lipinski definition) is 5. The number of fused-ring (bicyclic) bond motifs is 1. The van der Waals surface area contributed by atoms with Gasteiger partial charge in [0.1, 0.15) is 11.6 Å². The van der Waals surface area contributed by atoms with Gasteiger partial charge in [-0.1, -0.05) is 19.9 Å². The van der Waals surface area contributed by atoms with Crippen LogP contribution in [0.3, 0.4) is 0 Å². The number of thiophene rings is 1. The highest BCUT2D eigenvalue weighted by Gasteiger charge is 2.20. The van der Waals surface area contributed by atoms with Crippen LogP contribution in [0.25, 0.3) is 10.1 Å². The molecule has 0 amide bonds. The van der Waals surface area contributed by atoms with Crippen LogP contribution in [0.1, 0.15) is 68.2 Å². The summed E-state index contributed by atoms with van der Waals surface area (Å²) < 4.78 is 1.38. The number of benzene rings is 1. The van der Waals surface area contributed by atoms with Gasteiger partial charge in [0.05, 0.1) is 12.6 Å². The summed E-state index contributed by atoms with van der Waals surface area (Å²) in [5.41, 5.74) is 1.32. The molecule has 7 heteroatoms. The van der Waals surface area contributed by atoms with Crippen LogP contribution in [0.5, 0.6) is 0 Å². The van der Waals surface area contributed by atoms with E-state index < -0.39 is 0 Å². The smallest absolute Gasteiger partial charge is 0.123 e. The number of rotatable bonds is 14. The van der Waals surface area contributed by atoms with E-state index in [1.165, 1.54) is 65.8 Å². The van der Waals surface area contributed by atoms with Gasteiger partial charge in [0.2, 0.25) is 0 Å². The first-order chi connectivity index (χ1) is 16.7. The van der Waals surface area contributed by atoms with Gasteiger partial charge in [-0.2, -0.15) is 0 Å². The molecule has 1 atom stereocenters. The van der Waals surface area contributed by atoms with Gasteiger partial charge in [-0.3, -0.25) is 4.90 Å². The third-order valence-electron chi connectivity index (χ3n) is 6.37. The van der Waals surface area contributed by atoms with Crippen LogP contribution < -0.4 is 0 Å². The molecule has 34 heavy (non-hydrogen) atoms. The average molecular weight is 479 g/mol. The Hall–Kier alpha value is -2.48. The van der Waals surface area contributed by atoms with Crippen molar-refractivity contribution in [3.8, 4) is 0 Å². The third kappa shape index (κ3) is 6.56. The zero-order chi connectivity index (χ0) is 23.8. The van der Waals surface area contributed by atoms with Crippen molar-refractivity contribution in [1.82, 2.24) is 29.7 Å². The summed E-state index contributed by atoms with van der Waals surface area (Å²) in [5.74, 6) is 1.95. The van der Waals surface area contributed by atoms with E-state index in [1.54, 1.807) is 0 Å². The molecular weight excluding hydrogens is 440 g/mol. The van der Waals surface area contributed by atoms with Crippen LogP contribution >= 0.6 is 11.3 Å². The molecule has 1 unspecified atom stereocenters. The molecule has 0 radical (unpaired) electrons. The molecule has 0 spiro atoms. The lowest BCUT2D eigenvalue weighted by Gasteiger charge is -2.27. The molecule has 0 fully saturated rings. The molecule has 6 nitrogen and oxygen atoms in total. The molecule has 0 aliphatic carbocycles. The third-order valence-corrected chi connectivity index (χ3v) is 7.54. The van der Waals surface area contributed by atoms with Crippen molar-refractivity contribution in [3.05, 3.63) is 71.1 Å². The lowest BCUT2D eigenvalue weighted by molar-refractivity contribution is 0.181. The van der Waals surface area contributed by atoms with Gasteiger partial charge < -0.3 is 14.9 Å². The highest BCUT2D eigenvalue weighted by Crippen LogP contribution is 2.29. The van der Waals surface area contributed by atoms with Crippen molar-refractivity contribution in [2.75, 3.05) is 19.6 Å². The van der Waals surface area contributed by atoms with Crippen LogP contribution in [0.15, 0.2) is 49.1 Å². The standard InChI is InChI=1S/C27H38N6S/c1-4-14-32(15-5-2)16-6-7-24-18-23-17-22(8-9-25(23)34-24)19-33(20-26-28-10-11-29-26)21(3)27-30-12-13-31-27/h8-13,17-18,21H,4-7,14-16,19-20H2,1-3H3,(H,28,29)(H,30,31). The first-order valence-electron chi connectivity index (χ1n) is 12.6. The molecule has 3 aromatic heterocycles. The summed E-state index contributed by atoms with van der Waals surface area (Å²) >= 11 is 1.95. The number of aryl methyl sites for hydroxylation is 1. The minimum atomic E-state index is 0.156. The SMILES string of the molecule is CCCN(CCC)CCCc1cc2cc(CN(Cc3ncc[nH]3)C(C)c3ncc[nH]3)ccc2s1. The summed E-state index contributed by atoms with van der Waals surface area (Å²) in [6, 6.07) is 9.49. The first-order valence-corrected chi connectivity index (χ1v) is 13.4. The molecule has 4 rings (SSSR count). The van der Waals surface area contributed by atoms with Crippen molar-refractivity contribution in [1.29, 1.82) is 0 Å². The van der Waals surface area contributed by atoms with Crippen LogP contribution in [0.2, 0.25) is 0 Å². The molecule has 0 bridgehead atoms. The summed E-state index contributed by atoms with van der Waals surface area (Å²) in [5, 5.41) is 1.36. The van der Waals surface area contributed by atoms with E-state index in [1.807, 2.05) is 36.1 Å². The number of nitrogens with zero attached hydrogens (tertiary/aromatic N) is 4. The largest absolute Gasteiger partial charge is 0.348 e. The van der Waals surface area contributed by atoms with Crippen molar-refractivity contribution >= 4 is 21.4 Å². The number of aromatic nitrogens is 4. The maximum Gasteiger partial charge on any atom is 0.123 e. The lowest BCUT2D eigenvalue weighted by Crippen LogP contribution is -2.27. The summed E-state index contributed by atoms with van der Waals surface area (Å²) in [4.78, 5) is 22.0. The van der Waals surface area contributed by atoms with Gasteiger partial charge in [-0.25, -0.2) is 9.97 Å². The van der Waals surface area contributed by atoms with Crippen molar-refractivity contribution in [3.63, 3.8) is 0 Å². The Labute approximate surface area is 207 Å². The molecule has 1 aromatic carbocycles. The molecule has 0 saturated heterocycles. The fourth-order valence-corrected chi connectivity index (χ4v) is 5.72. The molecule has 0 aliphatic rings. The van der Waals surface area contributed by atoms with Gasteiger partial charge in [0, 0.05) is 40.9 Å². The van der Waals surface area contributed by atoms with Gasteiger partial charge >= 0.3 is 0 Å². The number of imidazole rings is 2. The minimum absolute atomic E-state index is 0.156. The zero-order valence-electron chi connectivity index (χ0n) is 20.8. The predicted octanol–water partition coefficient (Wildman–Crippen LogP) is 6.17. The predicted molar refractivity (Wildman–Crippen MR) is 142 cm³/mol. The van der Waals surface area contributed by atoms with E-state index >= 15 is 0 Å². The van der Waals surface area contributed by atoms with Gasteiger partial charge in [-0.05, 0) is 81.4 Å². The molecule has 2 N–H and O–H groups in total. The maximum atomic E-state index is 4.50. The van der Waals surface area contributed by atoms with Gasteiger partial charge in [0.15, 0.2) is 0 Å². The van der Waals surface area contributed by atoms with Crippen LogP contribution in [-0.2, 0) is 19.5 Å². The normalized spacial score (nSPS) is 12.9. The van der Waals surface area contributed by atoms with Crippen LogP contribution in [0, 0.1) is 0 Å². The topological polar surface area (TPSA) is 63.8 Å². The second kappa shape index (κ2) is 12.3. The molecule has 0 aliphatic heterocycles. The van der Waals surface area contributed by atoms with E-state index in [4.69, 9.17) is 0 Å². The number of H-pyrrole nitrogens is 2. The van der Waals surface area contributed by atoms with Crippen molar-refractivity contribution < 1.29 is 0 Å². The maximum absolute atomic E-state index is 4.50. The summed E-state index contributed by atoms with van der Waals surface area (Å²) in [7, 11) is 0.